The van der Waals surface area contributed by atoms with Crippen molar-refractivity contribution in [1.29, 1.82) is 5.26 Å². The number of piperidine rings is 1. The summed E-state index contributed by atoms with van der Waals surface area (Å²) in [4.78, 5) is 29.6. The van der Waals surface area contributed by atoms with E-state index in [4.69, 9.17) is 37.2 Å². The molecule has 3 heterocycles. The van der Waals surface area contributed by atoms with E-state index in [1.807, 2.05) is 58.0 Å². The fourth-order valence-electron chi connectivity index (χ4n) is 6.74. The first-order chi connectivity index (χ1) is 23.7. The molecule has 0 atom stereocenters. The Morgan fingerprint density at radius 1 is 1.10 bits per heavy atom. The molecule has 0 radical (unpaired) electrons. The summed E-state index contributed by atoms with van der Waals surface area (Å²) in [6.45, 7) is 11.0. The molecule has 1 saturated heterocycles. The van der Waals surface area contributed by atoms with Crippen LogP contribution in [0.5, 0.6) is 5.88 Å². The molecule has 7 N–H and O–H groups in total. The molecule has 0 bridgehead atoms. The van der Waals surface area contributed by atoms with Crippen molar-refractivity contribution in [3.63, 3.8) is 0 Å². The summed E-state index contributed by atoms with van der Waals surface area (Å²) in [7, 11) is 0. The van der Waals surface area contributed by atoms with Gasteiger partial charge >= 0.3 is 0 Å². The minimum atomic E-state index is -0.495. The van der Waals surface area contributed by atoms with Crippen molar-refractivity contribution in [1.82, 2.24) is 24.8 Å². The average molecular weight is 683 g/mol. The van der Waals surface area contributed by atoms with E-state index in [0.717, 1.165) is 48.5 Å². The SMILES string of the molecule is CC(C)(N)CC(C)(C)NC(=O)c1ccc2nc(CN3CCC(c4cccc(OCc5ccc(C#N)cc5F)n4)CC3)n(CCN=C(N)N)c2c1. The van der Waals surface area contributed by atoms with Crippen LogP contribution in [0.3, 0.4) is 0 Å². The predicted octanol–water partition coefficient (Wildman–Crippen LogP) is 4.31. The van der Waals surface area contributed by atoms with Crippen LogP contribution in [-0.2, 0) is 19.7 Å². The molecule has 1 aliphatic rings. The third-order valence-electron chi connectivity index (χ3n) is 8.73. The molecular weight excluding hydrogens is 635 g/mol. The number of likely N-dealkylation sites (tertiary alicyclic amines) is 1. The van der Waals surface area contributed by atoms with Crippen molar-refractivity contribution < 1.29 is 13.9 Å². The number of hydrogen-bond acceptors (Lipinski definition) is 8. The number of nitriles is 1. The monoisotopic (exact) mass is 682 g/mol. The van der Waals surface area contributed by atoms with E-state index in [9.17, 15) is 9.18 Å². The lowest BCUT2D eigenvalue weighted by atomic mass is 9.87. The first kappa shape index (κ1) is 36.2. The zero-order chi connectivity index (χ0) is 36.1. The smallest absolute Gasteiger partial charge is 0.251 e. The van der Waals surface area contributed by atoms with Gasteiger partial charge in [-0.3, -0.25) is 14.7 Å². The Bertz CT molecular complexity index is 1890. The largest absolute Gasteiger partial charge is 0.473 e. The van der Waals surface area contributed by atoms with E-state index in [1.165, 1.54) is 6.07 Å². The number of rotatable bonds is 13. The van der Waals surface area contributed by atoms with Crippen LogP contribution in [0.25, 0.3) is 11.0 Å². The van der Waals surface area contributed by atoms with E-state index in [2.05, 4.69) is 19.8 Å². The van der Waals surface area contributed by atoms with Gasteiger partial charge < -0.3 is 31.8 Å². The molecule has 2 aromatic carbocycles. The lowest BCUT2D eigenvalue weighted by Gasteiger charge is -2.33. The average Bonchev–Trinajstić information content (AvgIpc) is 3.39. The van der Waals surface area contributed by atoms with Gasteiger partial charge in [-0.15, -0.1) is 0 Å². The number of carbonyl (C=O) groups excluding carboxylic acids is 1. The van der Waals surface area contributed by atoms with Crippen molar-refractivity contribution in [2.24, 2.45) is 22.2 Å². The minimum Gasteiger partial charge on any atom is -0.473 e. The van der Waals surface area contributed by atoms with Gasteiger partial charge in [0.15, 0.2) is 5.96 Å². The third kappa shape index (κ3) is 9.55. The molecule has 4 aromatic rings. The lowest BCUT2D eigenvalue weighted by molar-refractivity contribution is 0.0901. The number of nitrogens with zero attached hydrogens (tertiary/aromatic N) is 6. The van der Waals surface area contributed by atoms with E-state index < -0.39 is 16.9 Å². The van der Waals surface area contributed by atoms with Crippen LogP contribution in [0, 0.1) is 17.1 Å². The van der Waals surface area contributed by atoms with Crippen LogP contribution in [0.1, 0.15) is 85.9 Å². The van der Waals surface area contributed by atoms with Crippen molar-refractivity contribution in [3.8, 4) is 11.9 Å². The highest BCUT2D eigenvalue weighted by atomic mass is 19.1. The van der Waals surface area contributed by atoms with E-state index in [1.54, 1.807) is 24.3 Å². The van der Waals surface area contributed by atoms with Crippen LogP contribution in [-0.4, -0.2) is 62.0 Å². The summed E-state index contributed by atoms with van der Waals surface area (Å²) in [5, 5.41) is 12.1. The molecular formula is C37H47FN10O2. The fraction of sp³-hybridized carbons (Fsp3) is 0.432. The number of guanidine groups is 1. The molecule has 0 spiro atoms. The van der Waals surface area contributed by atoms with E-state index in [0.29, 0.717) is 43.1 Å². The van der Waals surface area contributed by atoms with Gasteiger partial charge in [-0.05, 0) is 96.4 Å². The number of amides is 1. The second-order valence-electron chi connectivity index (χ2n) is 14.4. The van der Waals surface area contributed by atoms with Crippen molar-refractivity contribution in [2.45, 2.75) is 83.6 Å². The van der Waals surface area contributed by atoms with Crippen LogP contribution in [0.2, 0.25) is 0 Å². The number of fused-ring (bicyclic) bond motifs is 1. The highest BCUT2D eigenvalue weighted by Gasteiger charge is 2.28. The highest BCUT2D eigenvalue weighted by Crippen LogP contribution is 2.30. The zero-order valence-corrected chi connectivity index (χ0v) is 29.2. The van der Waals surface area contributed by atoms with Crippen molar-refractivity contribution >= 4 is 22.9 Å². The number of benzene rings is 2. The quantitative estimate of drug-likeness (QED) is 0.118. The number of nitrogens with two attached hydrogens (primary N) is 3. The molecule has 12 nitrogen and oxygen atoms in total. The molecule has 2 aromatic heterocycles. The zero-order valence-electron chi connectivity index (χ0n) is 29.2. The highest BCUT2D eigenvalue weighted by molar-refractivity contribution is 5.97. The first-order valence-corrected chi connectivity index (χ1v) is 16.9. The Kier molecular flexibility index (Phi) is 11.0. The molecule has 1 fully saturated rings. The number of ether oxygens (including phenoxy) is 1. The van der Waals surface area contributed by atoms with Gasteiger partial charge in [0.25, 0.3) is 5.91 Å². The molecule has 50 heavy (non-hydrogen) atoms. The molecule has 1 amide bonds. The van der Waals surface area contributed by atoms with Crippen molar-refractivity contribution in [3.05, 3.63) is 88.6 Å². The Labute approximate surface area is 292 Å². The van der Waals surface area contributed by atoms with Gasteiger partial charge in [-0.25, -0.2) is 14.4 Å². The third-order valence-corrected chi connectivity index (χ3v) is 8.73. The van der Waals surface area contributed by atoms with E-state index in [-0.39, 0.29) is 30.0 Å². The Hall–Kier alpha value is -5.06. The topological polar surface area (TPSA) is 186 Å². The number of halogens is 1. The minimum absolute atomic E-state index is 0.0210. The van der Waals surface area contributed by atoms with E-state index >= 15 is 0 Å². The Morgan fingerprint density at radius 2 is 1.86 bits per heavy atom. The number of imidazole rings is 1. The van der Waals surface area contributed by atoms with Crippen LogP contribution in [0.15, 0.2) is 59.6 Å². The predicted molar refractivity (Wildman–Crippen MR) is 192 cm³/mol. The maximum Gasteiger partial charge on any atom is 0.251 e. The van der Waals surface area contributed by atoms with Gasteiger partial charge in [-0.1, -0.05) is 12.1 Å². The molecule has 0 aliphatic carbocycles. The second-order valence-corrected chi connectivity index (χ2v) is 14.4. The summed E-state index contributed by atoms with van der Waals surface area (Å²) in [6, 6.07) is 17.5. The first-order valence-electron chi connectivity index (χ1n) is 16.9. The second kappa shape index (κ2) is 15.2. The Balaban J connectivity index is 1.26. The van der Waals surface area contributed by atoms with Gasteiger partial charge in [0.1, 0.15) is 18.2 Å². The molecule has 264 valence electrons. The molecule has 0 saturated carbocycles. The molecule has 1 aliphatic heterocycles. The maximum absolute atomic E-state index is 14.3. The number of aromatic nitrogens is 3. The summed E-state index contributed by atoms with van der Waals surface area (Å²) < 4.78 is 22.2. The summed E-state index contributed by atoms with van der Waals surface area (Å²) in [5.74, 6) is 0.921. The molecule has 0 unspecified atom stereocenters. The molecule has 5 rings (SSSR count). The number of nitrogens with one attached hydrogen (secondary N) is 1. The normalized spacial score (nSPS) is 14.3. The van der Waals surface area contributed by atoms with Crippen molar-refractivity contribution in [2.75, 3.05) is 19.6 Å². The maximum atomic E-state index is 14.3. The van der Waals surface area contributed by atoms with Crippen LogP contribution in [0.4, 0.5) is 4.39 Å². The summed E-state index contributed by atoms with van der Waals surface area (Å²) >= 11 is 0. The fourth-order valence-corrected chi connectivity index (χ4v) is 6.74. The standard InChI is InChI=1S/C37H47FN10O2/c1-36(2,42)23-37(3,4)46-34(49)26-10-11-30-31(19-26)48(17-14-43-35(40)41)32(44-30)21-47-15-12-25(13-16-47)29-6-5-7-33(45-29)50-22-27-9-8-24(20-39)18-28(27)38/h5-11,18-19,25H,12-17,21-23,42H2,1-4H3,(H,46,49)(H4,40,41,43). The van der Waals surface area contributed by atoms with Crippen LogP contribution >= 0.6 is 0 Å². The van der Waals surface area contributed by atoms with Gasteiger partial charge in [0.2, 0.25) is 5.88 Å². The van der Waals surface area contributed by atoms with Crippen LogP contribution < -0.4 is 27.3 Å². The number of hydrogen-bond donors (Lipinski definition) is 4. The Morgan fingerprint density at radius 3 is 2.54 bits per heavy atom. The number of carbonyl (C=O) groups is 1. The van der Waals surface area contributed by atoms with Gasteiger partial charge in [0.05, 0.1) is 35.8 Å². The van der Waals surface area contributed by atoms with Gasteiger partial charge in [-0.2, -0.15) is 5.26 Å². The van der Waals surface area contributed by atoms with Gasteiger partial charge in [0, 0.05) is 46.4 Å². The summed E-state index contributed by atoms with van der Waals surface area (Å²) in [6.07, 6.45) is 2.41. The number of pyridine rings is 1. The molecule has 13 heteroatoms. The summed E-state index contributed by atoms with van der Waals surface area (Å²) in [5.41, 5.74) is 20.3. The lowest BCUT2D eigenvalue weighted by Crippen LogP contribution is -2.50. The number of aliphatic imine (C=N–C) groups is 1.